The van der Waals surface area contributed by atoms with Crippen molar-refractivity contribution >= 4 is 17.6 Å². The van der Waals surface area contributed by atoms with Crippen molar-refractivity contribution in [1.29, 1.82) is 0 Å². The van der Waals surface area contributed by atoms with Crippen LogP contribution in [0.5, 0.6) is 0 Å². The van der Waals surface area contributed by atoms with Crippen molar-refractivity contribution in [3.63, 3.8) is 0 Å². The molecule has 140 valence electrons. The van der Waals surface area contributed by atoms with Crippen LogP contribution in [-0.4, -0.2) is 39.4 Å². The molecule has 1 aliphatic heterocycles. The smallest absolute Gasteiger partial charge is 0.312 e. The van der Waals surface area contributed by atoms with Gasteiger partial charge in [-0.05, 0) is 24.6 Å². The number of aliphatic imine (C=N–C) groups is 1. The quantitative estimate of drug-likeness (QED) is 0.891. The lowest BCUT2D eigenvalue weighted by Crippen LogP contribution is -2.63. The highest BCUT2D eigenvalue weighted by Gasteiger charge is 2.66. The van der Waals surface area contributed by atoms with Gasteiger partial charge in [-0.1, -0.05) is 30.3 Å². The zero-order valence-electron chi connectivity index (χ0n) is 14.2. The monoisotopic (exact) mass is 376 g/mol. The number of aromatic nitrogens is 1. The number of nitrogens with zero attached hydrogens (tertiary/aromatic N) is 3. The molecule has 1 N–H and O–H groups in total. The maximum absolute atomic E-state index is 13.8. The maximum atomic E-state index is 13.8. The fraction of sp³-hybridized carbons (Fsp3) is 0.222. The van der Waals surface area contributed by atoms with E-state index >= 15 is 0 Å². The van der Waals surface area contributed by atoms with Gasteiger partial charge in [-0.3, -0.25) is 19.5 Å². The van der Waals surface area contributed by atoms with Crippen LogP contribution in [0.4, 0.5) is 13.2 Å². The molecule has 3 rings (SSSR count). The lowest BCUT2D eigenvalue weighted by molar-refractivity contribution is -0.196. The minimum Gasteiger partial charge on any atom is -0.312 e. The summed E-state index contributed by atoms with van der Waals surface area (Å²) >= 11 is 0. The number of hydrogen-bond donors (Lipinski definition) is 1. The summed E-state index contributed by atoms with van der Waals surface area (Å²) in [5.74, 6) is -2.58. The fourth-order valence-corrected chi connectivity index (χ4v) is 2.72. The third-order valence-corrected chi connectivity index (χ3v) is 4.09. The van der Waals surface area contributed by atoms with E-state index < -0.39 is 23.7 Å². The van der Waals surface area contributed by atoms with E-state index in [1.54, 1.807) is 35.6 Å². The first-order chi connectivity index (χ1) is 12.7. The minimum absolute atomic E-state index is 0.0877. The number of amidine groups is 1. The molecule has 0 saturated heterocycles. The predicted octanol–water partition coefficient (Wildman–Crippen LogP) is 2.53. The summed E-state index contributed by atoms with van der Waals surface area (Å²) in [5.41, 5.74) is -2.83. The van der Waals surface area contributed by atoms with E-state index in [0.29, 0.717) is 5.56 Å². The average molecular weight is 376 g/mol. The summed E-state index contributed by atoms with van der Waals surface area (Å²) in [6.45, 7) is 1.21. The van der Waals surface area contributed by atoms with Gasteiger partial charge in [0, 0.05) is 12.4 Å². The Kier molecular flexibility index (Phi) is 4.69. The number of pyridine rings is 1. The van der Waals surface area contributed by atoms with Crippen molar-refractivity contribution in [1.82, 2.24) is 15.2 Å². The van der Waals surface area contributed by atoms with Gasteiger partial charge >= 0.3 is 11.8 Å². The van der Waals surface area contributed by atoms with E-state index in [4.69, 9.17) is 0 Å². The molecule has 1 aliphatic rings. The topological polar surface area (TPSA) is 74.7 Å². The summed E-state index contributed by atoms with van der Waals surface area (Å²) < 4.78 is 41.5. The van der Waals surface area contributed by atoms with Gasteiger partial charge in [-0.15, -0.1) is 0 Å². The summed E-state index contributed by atoms with van der Waals surface area (Å²) in [5, 5.41) is 1.76. The lowest BCUT2D eigenvalue weighted by Gasteiger charge is -2.29. The van der Waals surface area contributed by atoms with Crippen molar-refractivity contribution in [3.8, 4) is 0 Å². The van der Waals surface area contributed by atoms with E-state index in [2.05, 4.69) is 9.98 Å². The molecule has 6 nitrogen and oxygen atoms in total. The summed E-state index contributed by atoms with van der Waals surface area (Å²) in [6, 6.07) is 11.2. The molecule has 0 unspecified atom stereocenters. The molecular formula is C18H15F3N4O2. The van der Waals surface area contributed by atoms with E-state index in [0.717, 1.165) is 11.1 Å². The number of hydrogen-bond acceptors (Lipinski definition) is 4. The Hall–Kier alpha value is -3.23. The van der Waals surface area contributed by atoms with Crippen LogP contribution in [0.1, 0.15) is 22.8 Å². The number of halogens is 3. The zero-order chi connectivity index (χ0) is 19.7. The third-order valence-electron chi connectivity index (χ3n) is 4.09. The molecule has 2 heterocycles. The van der Waals surface area contributed by atoms with E-state index in [9.17, 15) is 22.8 Å². The Balaban J connectivity index is 1.93. The van der Waals surface area contributed by atoms with Gasteiger partial charge < -0.3 is 5.32 Å². The van der Waals surface area contributed by atoms with Crippen molar-refractivity contribution in [2.45, 2.75) is 25.3 Å². The lowest BCUT2D eigenvalue weighted by atomic mass is 10.1. The number of nitrogens with one attached hydrogen (secondary N) is 1. The highest BCUT2D eigenvalue weighted by Crippen LogP contribution is 2.38. The molecule has 0 fully saturated rings. The molecule has 0 saturated carbocycles. The molecule has 1 aromatic heterocycles. The Morgan fingerprint density at radius 2 is 1.89 bits per heavy atom. The van der Waals surface area contributed by atoms with Crippen LogP contribution in [0.3, 0.4) is 0 Å². The first kappa shape index (κ1) is 18.6. The number of carbonyl (C=O) groups is 2. The molecule has 0 aliphatic carbocycles. The SMILES string of the molecule is CC1=N[C@@](NC(=O)c2cccnc2)(C(F)(F)F)C(=O)N1Cc1ccccc1. The predicted molar refractivity (Wildman–Crippen MR) is 90.6 cm³/mol. The molecule has 0 radical (unpaired) electrons. The number of alkyl halides is 3. The second-order valence-corrected chi connectivity index (χ2v) is 5.94. The van der Waals surface area contributed by atoms with Crippen LogP contribution in [-0.2, 0) is 11.3 Å². The fourth-order valence-electron chi connectivity index (χ4n) is 2.72. The second-order valence-electron chi connectivity index (χ2n) is 5.94. The molecule has 1 aromatic carbocycles. The Labute approximate surface area is 152 Å². The number of benzene rings is 1. The Morgan fingerprint density at radius 1 is 1.19 bits per heavy atom. The molecule has 27 heavy (non-hydrogen) atoms. The molecule has 0 bridgehead atoms. The van der Waals surface area contributed by atoms with Crippen molar-refractivity contribution in [2.24, 2.45) is 4.99 Å². The van der Waals surface area contributed by atoms with Crippen molar-refractivity contribution in [2.75, 3.05) is 0 Å². The first-order valence-corrected chi connectivity index (χ1v) is 7.96. The Morgan fingerprint density at radius 3 is 2.48 bits per heavy atom. The van der Waals surface area contributed by atoms with E-state index in [1.807, 2.05) is 0 Å². The first-order valence-electron chi connectivity index (χ1n) is 7.96. The van der Waals surface area contributed by atoms with E-state index in [1.165, 1.54) is 25.3 Å². The largest absolute Gasteiger partial charge is 0.442 e. The van der Waals surface area contributed by atoms with Gasteiger partial charge in [0.2, 0.25) is 0 Å². The van der Waals surface area contributed by atoms with Crippen LogP contribution in [0.25, 0.3) is 0 Å². The number of rotatable bonds is 4. The molecule has 2 aromatic rings. The van der Waals surface area contributed by atoms with Crippen LogP contribution in [0.15, 0.2) is 59.9 Å². The second kappa shape index (κ2) is 6.82. The minimum atomic E-state index is -5.12. The van der Waals surface area contributed by atoms with Gasteiger partial charge in [0.05, 0.1) is 12.1 Å². The van der Waals surface area contributed by atoms with Crippen molar-refractivity contribution < 1.29 is 22.8 Å². The molecule has 2 amide bonds. The highest BCUT2D eigenvalue weighted by molar-refractivity contribution is 6.10. The van der Waals surface area contributed by atoms with Crippen LogP contribution >= 0.6 is 0 Å². The van der Waals surface area contributed by atoms with Crippen LogP contribution < -0.4 is 5.32 Å². The summed E-state index contributed by atoms with van der Waals surface area (Å²) in [7, 11) is 0. The number of amides is 2. The van der Waals surface area contributed by atoms with Gasteiger partial charge in [0.25, 0.3) is 11.8 Å². The normalized spacial score (nSPS) is 19.8. The summed E-state index contributed by atoms with van der Waals surface area (Å²) in [6.07, 6.45) is -2.63. The number of carbonyl (C=O) groups excluding carboxylic acids is 2. The van der Waals surface area contributed by atoms with Crippen molar-refractivity contribution in [3.05, 3.63) is 66.0 Å². The Bertz CT molecular complexity index is 884. The standard InChI is InChI=1S/C18H15F3N4O2/c1-12-23-17(18(19,20)21,24-15(26)14-8-5-9-22-10-14)16(27)25(12)11-13-6-3-2-4-7-13/h2-10H,11H2,1H3,(H,24,26)/t17-/m0/s1. The highest BCUT2D eigenvalue weighted by atomic mass is 19.4. The average Bonchev–Trinajstić information content (AvgIpc) is 2.88. The molecule has 1 atom stereocenters. The van der Waals surface area contributed by atoms with Gasteiger partial charge in [0.1, 0.15) is 5.84 Å². The molecule has 0 spiro atoms. The van der Waals surface area contributed by atoms with Gasteiger partial charge in [0.15, 0.2) is 0 Å². The van der Waals surface area contributed by atoms with Crippen LogP contribution in [0, 0.1) is 0 Å². The molecule has 9 heteroatoms. The molecular weight excluding hydrogens is 361 g/mol. The van der Waals surface area contributed by atoms with E-state index in [-0.39, 0.29) is 17.9 Å². The van der Waals surface area contributed by atoms with Gasteiger partial charge in [-0.25, -0.2) is 4.99 Å². The third kappa shape index (κ3) is 3.40. The zero-order valence-corrected chi connectivity index (χ0v) is 14.2. The summed E-state index contributed by atoms with van der Waals surface area (Å²) in [4.78, 5) is 33.1. The van der Waals surface area contributed by atoms with Crippen LogP contribution in [0.2, 0.25) is 0 Å². The van der Waals surface area contributed by atoms with Gasteiger partial charge in [-0.2, -0.15) is 13.2 Å². The maximum Gasteiger partial charge on any atom is 0.442 e.